The first kappa shape index (κ1) is 13.5. The van der Waals surface area contributed by atoms with Gasteiger partial charge in [0.1, 0.15) is 5.75 Å². The Hall–Kier alpha value is -1.59. The molecule has 1 aromatic rings. The Labute approximate surface area is 101 Å². The van der Waals surface area contributed by atoms with Gasteiger partial charge in [-0.2, -0.15) is 0 Å². The molecule has 0 heterocycles. The lowest BCUT2D eigenvalue weighted by atomic mass is 10.2. The van der Waals surface area contributed by atoms with Crippen LogP contribution < -0.4 is 10.1 Å². The van der Waals surface area contributed by atoms with Crippen molar-refractivity contribution in [2.24, 2.45) is 0 Å². The Kier molecular flexibility index (Phi) is 5.45. The number of rotatable bonds is 6. The third-order valence-electron chi connectivity index (χ3n) is 2.24. The van der Waals surface area contributed by atoms with Gasteiger partial charge in [0.05, 0.1) is 7.11 Å². The van der Waals surface area contributed by atoms with Gasteiger partial charge in [0.2, 0.25) is 6.29 Å². The summed E-state index contributed by atoms with van der Waals surface area (Å²) < 4.78 is 14.8. The lowest BCUT2D eigenvalue weighted by molar-refractivity contribution is -0.159. The van der Waals surface area contributed by atoms with Crippen LogP contribution in [0.5, 0.6) is 5.75 Å². The zero-order valence-corrected chi connectivity index (χ0v) is 10.2. The summed E-state index contributed by atoms with van der Waals surface area (Å²) in [7, 11) is 4.43. The van der Waals surface area contributed by atoms with Crippen molar-refractivity contribution in [3.8, 4) is 5.75 Å². The Bertz CT molecular complexity index is 363. The second kappa shape index (κ2) is 6.88. The van der Waals surface area contributed by atoms with Crippen molar-refractivity contribution in [3.63, 3.8) is 0 Å². The standard InChI is InChI=1S/C12H17NO4/c1-15-10-6-4-5-9(7-10)8-13-11(14)12(16-2)17-3/h4-7,12H,8H2,1-3H3,(H,13,14). The summed E-state index contributed by atoms with van der Waals surface area (Å²) >= 11 is 0. The van der Waals surface area contributed by atoms with Crippen molar-refractivity contribution in [3.05, 3.63) is 29.8 Å². The zero-order chi connectivity index (χ0) is 12.7. The minimum atomic E-state index is -0.874. The Morgan fingerprint density at radius 1 is 1.29 bits per heavy atom. The minimum Gasteiger partial charge on any atom is -0.497 e. The first-order chi connectivity index (χ1) is 8.21. The number of carbonyl (C=O) groups is 1. The molecule has 0 aliphatic carbocycles. The number of ether oxygens (including phenoxy) is 3. The number of nitrogens with one attached hydrogen (secondary N) is 1. The molecule has 0 fully saturated rings. The number of hydrogen-bond acceptors (Lipinski definition) is 4. The highest BCUT2D eigenvalue weighted by molar-refractivity contribution is 5.79. The summed E-state index contributed by atoms with van der Waals surface area (Å²) in [6.45, 7) is 0.402. The van der Waals surface area contributed by atoms with Gasteiger partial charge in [0, 0.05) is 20.8 Å². The van der Waals surface area contributed by atoms with Crippen molar-refractivity contribution in [2.45, 2.75) is 12.8 Å². The van der Waals surface area contributed by atoms with Crippen molar-refractivity contribution in [1.29, 1.82) is 0 Å². The van der Waals surface area contributed by atoms with Crippen LogP contribution in [0.25, 0.3) is 0 Å². The van der Waals surface area contributed by atoms with E-state index in [2.05, 4.69) is 5.32 Å². The van der Waals surface area contributed by atoms with Crippen LogP contribution in [0.2, 0.25) is 0 Å². The van der Waals surface area contributed by atoms with Crippen LogP contribution >= 0.6 is 0 Å². The summed E-state index contributed by atoms with van der Waals surface area (Å²) in [5.41, 5.74) is 0.948. The maximum Gasteiger partial charge on any atom is 0.277 e. The number of amides is 1. The number of carbonyl (C=O) groups excluding carboxylic acids is 1. The average molecular weight is 239 g/mol. The van der Waals surface area contributed by atoms with E-state index in [4.69, 9.17) is 14.2 Å². The molecule has 1 amide bonds. The quantitative estimate of drug-likeness (QED) is 0.750. The van der Waals surface area contributed by atoms with Gasteiger partial charge in [-0.1, -0.05) is 12.1 Å². The lowest BCUT2D eigenvalue weighted by Gasteiger charge is -2.13. The van der Waals surface area contributed by atoms with E-state index in [1.54, 1.807) is 7.11 Å². The minimum absolute atomic E-state index is 0.308. The maximum absolute atomic E-state index is 11.5. The van der Waals surface area contributed by atoms with E-state index < -0.39 is 6.29 Å². The van der Waals surface area contributed by atoms with E-state index >= 15 is 0 Å². The summed E-state index contributed by atoms with van der Waals surface area (Å²) in [5, 5.41) is 2.71. The number of benzene rings is 1. The van der Waals surface area contributed by atoms with Gasteiger partial charge < -0.3 is 19.5 Å². The number of hydrogen-bond donors (Lipinski definition) is 1. The highest BCUT2D eigenvalue weighted by Crippen LogP contribution is 2.12. The molecule has 1 N–H and O–H groups in total. The molecule has 0 aliphatic rings. The largest absolute Gasteiger partial charge is 0.497 e. The van der Waals surface area contributed by atoms with E-state index in [0.29, 0.717) is 6.54 Å². The molecule has 5 heteroatoms. The third-order valence-corrected chi connectivity index (χ3v) is 2.24. The highest BCUT2D eigenvalue weighted by atomic mass is 16.7. The first-order valence-electron chi connectivity index (χ1n) is 5.17. The van der Waals surface area contributed by atoms with Gasteiger partial charge >= 0.3 is 0 Å². The third kappa shape index (κ3) is 4.05. The highest BCUT2D eigenvalue weighted by Gasteiger charge is 2.15. The topological polar surface area (TPSA) is 56.8 Å². The average Bonchev–Trinajstić information content (AvgIpc) is 2.38. The fourth-order valence-electron chi connectivity index (χ4n) is 1.37. The summed E-state index contributed by atoms with van der Waals surface area (Å²) in [4.78, 5) is 11.5. The molecule has 0 bridgehead atoms. The van der Waals surface area contributed by atoms with Crippen molar-refractivity contribution in [2.75, 3.05) is 21.3 Å². The first-order valence-corrected chi connectivity index (χ1v) is 5.17. The van der Waals surface area contributed by atoms with E-state index in [-0.39, 0.29) is 5.91 Å². The lowest BCUT2D eigenvalue weighted by Crippen LogP contribution is -2.36. The van der Waals surface area contributed by atoms with Crippen LogP contribution in [0.1, 0.15) is 5.56 Å². The molecule has 0 spiro atoms. The predicted octanol–water partition coefficient (Wildman–Crippen LogP) is 0.930. The van der Waals surface area contributed by atoms with Crippen molar-refractivity contribution >= 4 is 5.91 Å². The number of methoxy groups -OCH3 is 3. The fraction of sp³-hybridized carbons (Fsp3) is 0.417. The summed E-state index contributed by atoms with van der Waals surface area (Å²) in [6, 6.07) is 7.47. The van der Waals surface area contributed by atoms with Crippen molar-refractivity contribution < 1.29 is 19.0 Å². The molecule has 0 unspecified atom stereocenters. The van der Waals surface area contributed by atoms with Crippen LogP contribution in [0, 0.1) is 0 Å². The molecule has 0 saturated heterocycles. The van der Waals surface area contributed by atoms with Gasteiger partial charge in [0.15, 0.2) is 0 Å². The van der Waals surface area contributed by atoms with Gasteiger partial charge in [-0.25, -0.2) is 0 Å². The van der Waals surface area contributed by atoms with Gasteiger partial charge in [-0.05, 0) is 17.7 Å². The van der Waals surface area contributed by atoms with E-state index in [1.807, 2.05) is 24.3 Å². The second-order valence-corrected chi connectivity index (χ2v) is 3.37. The van der Waals surface area contributed by atoms with E-state index in [1.165, 1.54) is 14.2 Å². The molecular weight excluding hydrogens is 222 g/mol. The van der Waals surface area contributed by atoms with Gasteiger partial charge in [0.25, 0.3) is 5.91 Å². The van der Waals surface area contributed by atoms with Crippen LogP contribution in [0.3, 0.4) is 0 Å². The van der Waals surface area contributed by atoms with E-state index in [9.17, 15) is 4.79 Å². The predicted molar refractivity (Wildman–Crippen MR) is 62.6 cm³/mol. The monoisotopic (exact) mass is 239 g/mol. The SMILES string of the molecule is COc1cccc(CNC(=O)C(OC)OC)c1. The van der Waals surface area contributed by atoms with E-state index in [0.717, 1.165) is 11.3 Å². The molecule has 1 aromatic carbocycles. The maximum atomic E-state index is 11.5. The van der Waals surface area contributed by atoms with Crippen LogP contribution in [0.4, 0.5) is 0 Å². The molecule has 0 saturated carbocycles. The molecule has 1 rings (SSSR count). The summed E-state index contributed by atoms with van der Waals surface area (Å²) in [6.07, 6.45) is -0.874. The normalized spacial score (nSPS) is 10.4. The van der Waals surface area contributed by atoms with Crippen LogP contribution in [-0.2, 0) is 20.8 Å². The fourth-order valence-corrected chi connectivity index (χ4v) is 1.37. The molecular formula is C12H17NO4. The second-order valence-electron chi connectivity index (χ2n) is 3.37. The van der Waals surface area contributed by atoms with Gasteiger partial charge in [-0.15, -0.1) is 0 Å². The van der Waals surface area contributed by atoms with Crippen LogP contribution in [-0.4, -0.2) is 33.5 Å². The molecule has 0 aliphatic heterocycles. The Balaban J connectivity index is 2.52. The zero-order valence-electron chi connectivity index (χ0n) is 10.2. The summed E-state index contributed by atoms with van der Waals surface area (Å²) in [5.74, 6) is 0.449. The Morgan fingerprint density at radius 2 is 2.00 bits per heavy atom. The molecule has 17 heavy (non-hydrogen) atoms. The van der Waals surface area contributed by atoms with Gasteiger partial charge in [-0.3, -0.25) is 4.79 Å². The van der Waals surface area contributed by atoms with Crippen molar-refractivity contribution in [1.82, 2.24) is 5.32 Å². The Morgan fingerprint density at radius 3 is 2.59 bits per heavy atom. The molecule has 5 nitrogen and oxygen atoms in total. The molecule has 94 valence electrons. The van der Waals surface area contributed by atoms with Crippen LogP contribution in [0.15, 0.2) is 24.3 Å². The smallest absolute Gasteiger partial charge is 0.277 e. The molecule has 0 aromatic heterocycles. The molecule has 0 atom stereocenters. The molecule has 0 radical (unpaired) electrons.